The Morgan fingerprint density at radius 2 is 2.47 bits per heavy atom. The Bertz CT molecular complexity index is 398. The van der Waals surface area contributed by atoms with Crippen molar-refractivity contribution >= 4 is 0 Å². The highest BCUT2D eigenvalue weighted by molar-refractivity contribution is 5.19. The highest BCUT2D eigenvalue weighted by Gasteiger charge is 2.55. The van der Waals surface area contributed by atoms with Crippen LogP contribution in [0, 0.1) is 5.41 Å². The summed E-state index contributed by atoms with van der Waals surface area (Å²) in [6, 6.07) is 3.75. The van der Waals surface area contributed by atoms with Crippen LogP contribution in [-0.2, 0) is 4.74 Å². The zero-order valence-corrected chi connectivity index (χ0v) is 9.75. The molecule has 0 saturated carbocycles. The molecule has 0 radical (unpaired) electrons. The van der Waals surface area contributed by atoms with Crippen molar-refractivity contribution in [3.63, 3.8) is 0 Å². The van der Waals surface area contributed by atoms with Gasteiger partial charge in [0.1, 0.15) is 0 Å². The predicted octanol–water partition coefficient (Wildman–Crippen LogP) is 1.01. The molecule has 2 fully saturated rings. The van der Waals surface area contributed by atoms with E-state index in [1.807, 2.05) is 12.1 Å². The predicted molar refractivity (Wildman–Crippen MR) is 63.2 cm³/mol. The molecule has 2 bridgehead atoms. The quantitative estimate of drug-likeness (QED) is 0.819. The largest absolute Gasteiger partial charge is 0.388 e. The second kappa shape index (κ2) is 4.05. The van der Waals surface area contributed by atoms with E-state index in [-0.39, 0.29) is 17.6 Å². The number of aromatic nitrogens is 1. The fraction of sp³-hybridized carbons (Fsp3) is 0.615. The van der Waals surface area contributed by atoms with Gasteiger partial charge in [-0.1, -0.05) is 6.07 Å². The molecule has 3 heterocycles. The van der Waals surface area contributed by atoms with E-state index in [0.29, 0.717) is 6.54 Å². The number of fused-ring (bicyclic) bond motifs is 2. The lowest BCUT2D eigenvalue weighted by Crippen LogP contribution is -2.44. The Labute approximate surface area is 101 Å². The molecule has 17 heavy (non-hydrogen) atoms. The molecule has 0 aliphatic carbocycles. The molecule has 1 aromatic rings. The van der Waals surface area contributed by atoms with Gasteiger partial charge in [-0.15, -0.1) is 0 Å². The Hall–Kier alpha value is -0.970. The third kappa shape index (κ3) is 1.59. The van der Waals surface area contributed by atoms with E-state index in [2.05, 4.69) is 4.98 Å². The van der Waals surface area contributed by atoms with Crippen LogP contribution in [0.4, 0.5) is 0 Å². The minimum Gasteiger partial charge on any atom is -0.388 e. The van der Waals surface area contributed by atoms with Crippen LogP contribution in [-0.4, -0.2) is 28.8 Å². The Morgan fingerprint density at radius 1 is 1.59 bits per heavy atom. The van der Waals surface area contributed by atoms with E-state index >= 15 is 0 Å². The van der Waals surface area contributed by atoms with Crippen molar-refractivity contribution in [2.75, 3.05) is 6.54 Å². The van der Waals surface area contributed by atoms with Gasteiger partial charge in [-0.25, -0.2) is 0 Å². The van der Waals surface area contributed by atoms with E-state index < -0.39 is 6.10 Å². The standard InChI is InChI=1S/C13H18N2O2/c14-8-13(6-10-3-4-11(13)17-10)12(16)9-2-1-5-15-7-9/h1-2,5,7,10-12,16H,3-4,6,8,14H2. The minimum absolute atomic E-state index is 0.104. The number of hydrogen-bond acceptors (Lipinski definition) is 4. The van der Waals surface area contributed by atoms with Gasteiger partial charge in [-0.3, -0.25) is 4.98 Å². The Kier molecular flexibility index (Phi) is 2.65. The molecule has 3 rings (SSSR count). The van der Waals surface area contributed by atoms with Gasteiger partial charge in [-0.05, 0) is 30.9 Å². The maximum absolute atomic E-state index is 10.6. The van der Waals surface area contributed by atoms with Crippen LogP contribution >= 0.6 is 0 Å². The molecule has 4 unspecified atom stereocenters. The molecular weight excluding hydrogens is 216 g/mol. The fourth-order valence-corrected chi connectivity index (χ4v) is 3.32. The van der Waals surface area contributed by atoms with Crippen molar-refractivity contribution in [2.45, 2.75) is 37.6 Å². The Balaban J connectivity index is 1.91. The summed E-state index contributed by atoms with van der Waals surface area (Å²) in [4.78, 5) is 4.06. The number of pyridine rings is 1. The first-order chi connectivity index (χ1) is 8.26. The second-order valence-corrected chi connectivity index (χ2v) is 5.15. The molecule has 2 saturated heterocycles. The molecule has 0 aromatic carbocycles. The van der Waals surface area contributed by atoms with Gasteiger partial charge in [0.15, 0.2) is 0 Å². The molecule has 92 valence electrons. The van der Waals surface area contributed by atoms with Gasteiger partial charge in [0.2, 0.25) is 0 Å². The Morgan fingerprint density at radius 3 is 3.00 bits per heavy atom. The number of aliphatic hydroxyl groups is 1. The maximum atomic E-state index is 10.6. The van der Waals surface area contributed by atoms with Crippen molar-refractivity contribution in [1.82, 2.24) is 4.98 Å². The topological polar surface area (TPSA) is 68.4 Å². The molecule has 1 aromatic heterocycles. The third-order valence-corrected chi connectivity index (χ3v) is 4.28. The normalized spacial score (nSPS) is 37.3. The van der Waals surface area contributed by atoms with Crippen molar-refractivity contribution in [2.24, 2.45) is 11.1 Å². The molecule has 2 aliphatic heterocycles. The van der Waals surface area contributed by atoms with Gasteiger partial charge in [0.05, 0.1) is 18.3 Å². The van der Waals surface area contributed by atoms with E-state index in [9.17, 15) is 5.11 Å². The number of ether oxygens (including phenoxy) is 1. The molecule has 3 N–H and O–H groups in total. The summed E-state index contributed by atoms with van der Waals surface area (Å²) in [6.45, 7) is 0.463. The van der Waals surface area contributed by atoms with Crippen molar-refractivity contribution in [3.05, 3.63) is 30.1 Å². The van der Waals surface area contributed by atoms with Gasteiger partial charge in [0.25, 0.3) is 0 Å². The summed E-state index contributed by atoms with van der Waals surface area (Å²) in [5, 5.41) is 10.6. The molecule has 0 amide bonds. The second-order valence-electron chi connectivity index (χ2n) is 5.15. The van der Waals surface area contributed by atoms with E-state index in [0.717, 1.165) is 24.8 Å². The first kappa shape index (κ1) is 11.1. The number of rotatable bonds is 3. The summed E-state index contributed by atoms with van der Waals surface area (Å²) in [6.07, 6.45) is 6.23. The highest BCUT2D eigenvalue weighted by atomic mass is 16.5. The third-order valence-electron chi connectivity index (χ3n) is 4.28. The van der Waals surface area contributed by atoms with Crippen LogP contribution < -0.4 is 5.73 Å². The van der Waals surface area contributed by atoms with Crippen molar-refractivity contribution in [1.29, 1.82) is 0 Å². The zero-order chi connectivity index (χ0) is 11.9. The lowest BCUT2D eigenvalue weighted by atomic mass is 9.68. The number of nitrogens with zero attached hydrogens (tertiary/aromatic N) is 1. The van der Waals surface area contributed by atoms with Crippen LogP contribution in [0.2, 0.25) is 0 Å². The fourth-order valence-electron chi connectivity index (χ4n) is 3.32. The first-order valence-electron chi connectivity index (χ1n) is 6.20. The van der Waals surface area contributed by atoms with Gasteiger partial charge in [0, 0.05) is 24.4 Å². The lowest BCUT2D eigenvalue weighted by Gasteiger charge is -2.38. The monoisotopic (exact) mass is 234 g/mol. The van der Waals surface area contributed by atoms with Gasteiger partial charge >= 0.3 is 0 Å². The first-order valence-corrected chi connectivity index (χ1v) is 6.20. The molecule has 4 nitrogen and oxygen atoms in total. The molecule has 2 aliphatic rings. The van der Waals surface area contributed by atoms with Crippen LogP contribution in [0.1, 0.15) is 30.9 Å². The summed E-state index contributed by atoms with van der Waals surface area (Å²) < 4.78 is 5.86. The average molecular weight is 234 g/mol. The SMILES string of the molecule is NCC1(C(O)c2cccnc2)CC2CCC1O2. The minimum atomic E-state index is -0.573. The van der Waals surface area contributed by atoms with E-state index in [4.69, 9.17) is 10.5 Å². The van der Waals surface area contributed by atoms with Crippen LogP contribution in [0.15, 0.2) is 24.5 Å². The van der Waals surface area contributed by atoms with Crippen LogP contribution in [0.3, 0.4) is 0 Å². The van der Waals surface area contributed by atoms with Gasteiger partial charge in [-0.2, -0.15) is 0 Å². The van der Waals surface area contributed by atoms with E-state index in [1.54, 1.807) is 12.4 Å². The van der Waals surface area contributed by atoms with Crippen LogP contribution in [0.5, 0.6) is 0 Å². The number of hydrogen-bond donors (Lipinski definition) is 2. The van der Waals surface area contributed by atoms with E-state index in [1.165, 1.54) is 0 Å². The summed E-state index contributed by atoms with van der Waals surface area (Å²) in [5.74, 6) is 0. The average Bonchev–Trinajstić information content (AvgIpc) is 2.99. The molecular formula is C13H18N2O2. The van der Waals surface area contributed by atoms with Crippen LogP contribution in [0.25, 0.3) is 0 Å². The molecule has 0 spiro atoms. The zero-order valence-electron chi connectivity index (χ0n) is 9.75. The van der Waals surface area contributed by atoms with Gasteiger partial charge < -0.3 is 15.6 Å². The smallest absolute Gasteiger partial charge is 0.0899 e. The van der Waals surface area contributed by atoms with Crippen molar-refractivity contribution in [3.8, 4) is 0 Å². The maximum Gasteiger partial charge on any atom is 0.0899 e. The number of aliphatic hydroxyl groups excluding tert-OH is 1. The van der Waals surface area contributed by atoms with Crippen molar-refractivity contribution < 1.29 is 9.84 Å². The molecule has 4 atom stereocenters. The summed E-state index contributed by atoms with van der Waals surface area (Å²) in [5.41, 5.74) is 6.46. The summed E-state index contributed by atoms with van der Waals surface area (Å²) in [7, 11) is 0. The molecule has 4 heteroatoms. The summed E-state index contributed by atoms with van der Waals surface area (Å²) >= 11 is 0. The number of nitrogens with two attached hydrogens (primary N) is 1. The highest BCUT2D eigenvalue weighted by Crippen LogP contribution is 2.53. The lowest BCUT2D eigenvalue weighted by molar-refractivity contribution is -0.0265.